The monoisotopic (exact) mass is 371 g/mol. The quantitative estimate of drug-likeness (QED) is 0.757. The van der Waals surface area contributed by atoms with Gasteiger partial charge in [-0.15, -0.1) is 0 Å². The van der Waals surface area contributed by atoms with Gasteiger partial charge in [0.15, 0.2) is 0 Å². The van der Waals surface area contributed by atoms with Crippen LogP contribution in [0.25, 0.3) is 0 Å². The molecule has 0 unspecified atom stereocenters. The van der Waals surface area contributed by atoms with E-state index >= 15 is 0 Å². The minimum atomic E-state index is -0.836. The summed E-state index contributed by atoms with van der Waals surface area (Å²) in [5, 5.41) is 8.67. The van der Waals surface area contributed by atoms with Crippen molar-refractivity contribution in [2.24, 2.45) is 0 Å². The highest BCUT2D eigenvalue weighted by Crippen LogP contribution is 2.22. The van der Waals surface area contributed by atoms with Crippen molar-refractivity contribution in [3.8, 4) is 0 Å². The zero-order valence-electron chi connectivity index (χ0n) is 15.0. The molecule has 0 saturated carbocycles. The Bertz CT molecular complexity index is 824. The SMILES string of the molecule is O=C(O)CCCCC(=O)N1CCc2ncnc(Cc3ccc(F)cc3)c2C1. The fraction of sp³-hybridized carbons (Fsp3) is 0.400. The Labute approximate surface area is 157 Å². The van der Waals surface area contributed by atoms with Crippen molar-refractivity contribution < 1.29 is 19.1 Å². The van der Waals surface area contributed by atoms with E-state index in [4.69, 9.17) is 5.11 Å². The zero-order chi connectivity index (χ0) is 19.2. The highest BCUT2D eigenvalue weighted by atomic mass is 19.1. The highest BCUT2D eigenvalue weighted by Gasteiger charge is 2.24. The molecular formula is C20H22FN3O3. The van der Waals surface area contributed by atoms with Gasteiger partial charge in [0.25, 0.3) is 0 Å². The second-order valence-electron chi connectivity index (χ2n) is 6.71. The number of benzene rings is 1. The van der Waals surface area contributed by atoms with E-state index in [0.29, 0.717) is 45.2 Å². The van der Waals surface area contributed by atoms with Crippen molar-refractivity contribution in [1.29, 1.82) is 0 Å². The Morgan fingerprint density at radius 2 is 1.85 bits per heavy atom. The van der Waals surface area contributed by atoms with E-state index in [-0.39, 0.29) is 18.1 Å². The number of fused-ring (bicyclic) bond motifs is 1. The zero-order valence-corrected chi connectivity index (χ0v) is 15.0. The van der Waals surface area contributed by atoms with E-state index < -0.39 is 5.97 Å². The normalized spacial score (nSPS) is 13.3. The van der Waals surface area contributed by atoms with Gasteiger partial charge in [0.1, 0.15) is 12.1 Å². The molecule has 0 radical (unpaired) electrons. The number of halogens is 1. The summed E-state index contributed by atoms with van der Waals surface area (Å²) < 4.78 is 13.1. The summed E-state index contributed by atoms with van der Waals surface area (Å²) in [6, 6.07) is 6.32. The second-order valence-corrected chi connectivity index (χ2v) is 6.71. The van der Waals surface area contributed by atoms with Gasteiger partial charge in [-0.2, -0.15) is 0 Å². The molecule has 0 saturated heterocycles. The molecule has 1 N–H and O–H groups in total. The Hall–Kier alpha value is -2.83. The van der Waals surface area contributed by atoms with Crippen molar-refractivity contribution in [3.63, 3.8) is 0 Å². The summed E-state index contributed by atoms with van der Waals surface area (Å²) in [5.74, 6) is -1.08. The van der Waals surface area contributed by atoms with Crippen molar-refractivity contribution >= 4 is 11.9 Å². The maximum absolute atomic E-state index is 13.1. The lowest BCUT2D eigenvalue weighted by molar-refractivity contribution is -0.137. The van der Waals surface area contributed by atoms with Crippen LogP contribution in [0.4, 0.5) is 4.39 Å². The molecule has 1 aliphatic heterocycles. The molecule has 0 bridgehead atoms. The van der Waals surface area contributed by atoms with Crippen molar-refractivity contribution in [1.82, 2.24) is 14.9 Å². The van der Waals surface area contributed by atoms with Gasteiger partial charge in [-0.3, -0.25) is 9.59 Å². The number of aliphatic carboxylic acids is 1. The summed E-state index contributed by atoms with van der Waals surface area (Å²) >= 11 is 0. The van der Waals surface area contributed by atoms with E-state index in [2.05, 4.69) is 9.97 Å². The molecule has 3 rings (SSSR count). The molecule has 27 heavy (non-hydrogen) atoms. The summed E-state index contributed by atoms with van der Waals surface area (Å²) in [6.07, 6.45) is 4.30. The Morgan fingerprint density at radius 3 is 2.59 bits per heavy atom. The summed E-state index contributed by atoms with van der Waals surface area (Å²) in [4.78, 5) is 33.5. The summed E-state index contributed by atoms with van der Waals surface area (Å²) in [5.41, 5.74) is 3.73. The van der Waals surface area contributed by atoms with E-state index in [1.807, 2.05) is 0 Å². The van der Waals surface area contributed by atoms with E-state index in [1.165, 1.54) is 12.1 Å². The summed E-state index contributed by atoms with van der Waals surface area (Å²) in [6.45, 7) is 1.07. The summed E-state index contributed by atoms with van der Waals surface area (Å²) in [7, 11) is 0. The lowest BCUT2D eigenvalue weighted by atomic mass is 9.99. The van der Waals surface area contributed by atoms with Gasteiger partial charge in [-0.05, 0) is 30.5 Å². The van der Waals surface area contributed by atoms with Crippen LogP contribution in [0.15, 0.2) is 30.6 Å². The number of carboxylic acid groups (broad SMARTS) is 1. The van der Waals surface area contributed by atoms with Crippen LogP contribution in [0.1, 0.15) is 48.2 Å². The van der Waals surface area contributed by atoms with Gasteiger partial charge in [0.2, 0.25) is 5.91 Å². The van der Waals surface area contributed by atoms with Crippen LogP contribution < -0.4 is 0 Å². The van der Waals surface area contributed by atoms with Crippen LogP contribution in [0, 0.1) is 5.82 Å². The van der Waals surface area contributed by atoms with Gasteiger partial charge >= 0.3 is 5.97 Å². The third-order valence-corrected chi connectivity index (χ3v) is 4.76. The Balaban J connectivity index is 1.66. The Kier molecular flexibility index (Phi) is 6.11. The molecule has 0 spiro atoms. The van der Waals surface area contributed by atoms with Crippen LogP contribution in [-0.2, 0) is 29.0 Å². The van der Waals surface area contributed by atoms with Crippen molar-refractivity contribution in [2.45, 2.75) is 45.1 Å². The van der Waals surface area contributed by atoms with E-state index in [9.17, 15) is 14.0 Å². The first-order valence-corrected chi connectivity index (χ1v) is 9.08. The largest absolute Gasteiger partial charge is 0.481 e. The molecule has 1 amide bonds. The number of carbonyl (C=O) groups is 2. The van der Waals surface area contributed by atoms with E-state index in [0.717, 1.165) is 22.5 Å². The van der Waals surface area contributed by atoms with Gasteiger partial charge in [-0.25, -0.2) is 14.4 Å². The first-order valence-electron chi connectivity index (χ1n) is 9.08. The molecule has 6 nitrogen and oxygen atoms in total. The molecule has 1 aliphatic rings. The van der Waals surface area contributed by atoms with Crippen LogP contribution in [0.2, 0.25) is 0 Å². The van der Waals surface area contributed by atoms with Crippen molar-refractivity contribution in [3.05, 3.63) is 58.9 Å². The molecule has 1 aromatic carbocycles. The Morgan fingerprint density at radius 1 is 1.11 bits per heavy atom. The molecule has 0 fully saturated rings. The molecule has 2 heterocycles. The van der Waals surface area contributed by atoms with Crippen LogP contribution in [0.3, 0.4) is 0 Å². The standard InChI is InChI=1S/C20H22FN3O3/c21-15-7-5-14(6-8-15)11-18-16-12-24(10-9-17(16)22-13-23-18)19(25)3-1-2-4-20(26)27/h5-8,13H,1-4,9-12H2,(H,26,27). The number of nitrogens with zero attached hydrogens (tertiary/aromatic N) is 3. The molecule has 0 aliphatic carbocycles. The van der Waals surface area contributed by atoms with Gasteiger partial charge < -0.3 is 10.0 Å². The minimum absolute atomic E-state index is 0.0302. The fourth-order valence-corrected chi connectivity index (χ4v) is 3.27. The number of carboxylic acids is 1. The number of aromatic nitrogens is 2. The van der Waals surface area contributed by atoms with Gasteiger partial charge in [0.05, 0.1) is 11.4 Å². The number of unbranched alkanes of at least 4 members (excludes halogenated alkanes) is 1. The van der Waals surface area contributed by atoms with Crippen LogP contribution in [-0.4, -0.2) is 38.4 Å². The number of amides is 1. The number of carbonyl (C=O) groups excluding carboxylic acids is 1. The second kappa shape index (κ2) is 8.70. The maximum Gasteiger partial charge on any atom is 0.303 e. The molecule has 0 atom stereocenters. The molecule has 2 aromatic rings. The third kappa shape index (κ3) is 5.09. The first-order chi connectivity index (χ1) is 13.0. The minimum Gasteiger partial charge on any atom is -0.481 e. The molecule has 7 heteroatoms. The van der Waals surface area contributed by atoms with Crippen LogP contribution >= 0.6 is 0 Å². The first kappa shape index (κ1) is 18.9. The van der Waals surface area contributed by atoms with Gasteiger partial charge in [-0.1, -0.05) is 12.1 Å². The predicted octanol–water partition coefficient (Wildman–Crippen LogP) is 2.74. The average molecular weight is 371 g/mol. The average Bonchev–Trinajstić information content (AvgIpc) is 2.66. The molecule has 142 valence electrons. The predicted molar refractivity (Wildman–Crippen MR) is 96.5 cm³/mol. The van der Waals surface area contributed by atoms with E-state index in [1.54, 1.807) is 23.4 Å². The molecule has 1 aromatic heterocycles. The highest BCUT2D eigenvalue weighted by molar-refractivity contribution is 5.76. The molecular weight excluding hydrogens is 349 g/mol. The van der Waals surface area contributed by atoms with Crippen molar-refractivity contribution in [2.75, 3.05) is 6.54 Å². The maximum atomic E-state index is 13.1. The lowest BCUT2D eigenvalue weighted by Gasteiger charge is -2.29. The fourth-order valence-electron chi connectivity index (χ4n) is 3.27. The number of hydrogen-bond donors (Lipinski definition) is 1. The third-order valence-electron chi connectivity index (χ3n) is 4.76. The topological polar surface area (TPSA) is 83.4 Å². The smallest absolute Gasteiger partial charge is 0.303 e. The number of rotatable bonds is 7. The van der Waals surface area contributed by atoms with Crippen LogP contribution in [0.5, 0.6) is 0 Å². The number of hydrogen-bond acceptors (Lipinski definition) is 4. The van der Waals surface area contributed by atoms with Gasteiger partial charge in [0, 0.05) is 44.3 Å². The lowest BCUT2D eigenvalue weighted by Crippen LogP contribution is -2.37.